The molecular formula is C22H26N2O. The van der Waals surface area contributed by atoms with Crippen LogP contribution in [0, 0.1) is 0 Å². The van der Waals surface area contributed by atoms with Gasteiger partial charge in [0, 0.05) is 6.54 Å². The zero-order chi connectivity index (χ0) is 17.5. The fourth-order valence-electron chi connectivity index (χ4n) is 3.04. The fourth-order valence-corrected chi connectivity index (χ4v) is 3.04. The highest BCUT2D eigenvalue weighted by atomic mass is 16.5. The number of ether oxygens (including phenoxy) is 1. The summed E-state index contributed by atoms with van der Waals surface area (Å²) in [6, 6.07) is 16.5. The van der Waals surface area contributed by atoms with Crippen molar-refractivity contribution in [3.8, 4) is 5.75 Å². The van der Waals surface area contributed by atoms with Gasteiger partial charge in [0.1, 0.15) is 11.6 Å². The minimum absolute atomic E-state index is 0.875. The van der Waals surface area contributed by atoms with Crippen molar-refractivity contribution in [1.29, 1.82) is 0 Å². The van der Waals surface area contributed by atoms with Crippen LogP contribution in [0.1, 0.15) is 44.0 Å². The van der Waals surface area contributed by atoms with E-state index in [1.54, 1.807) is 7.11 Å². The van der Waals surface area contributed by atoms with Crippen LogP contribution >= 0.6 is 0 Å². The number of nitrogens with zero attached hydrogens (tertiary/aromatic N) is 2. The highest BCUT2D eigenvalue weighted by Crippen LogP contribution is 2.20. The number of benzene rings is 2. The Kier molecular flexibility index (Phi) is 5.89. The van der Waals surface area contributed by atoms with Crippen LogP contribution in [0.25, 0.3) is 23.2 Å². The van der Waals surface area contributed by atoms with E-state index in [0.717, 1.165) is 29.2 Å². The molecule has 3 aromatic rings. The quantitative estimate of drug-likeness (QED) is 0.487. The molecule has 1 heterocycles. The van der Waals surface area contributed by atoms with Crippen molar-refractivity contribution in [2.24, 2.45) is 0 Å². The molecule has 0 radical (unpaired) electrons. The molecule has 1 aromatic heterocycles. The van der Waals surface area contributed by atoms with Gasteiger partial charge in [-0.25, -0.2) is 4.98 Å². The van der Waals surface area contributed by atoms with Gasteiger partial charge in [-0.15, -0.1) is 0 Å². The number of hydrogen-bond acceptors (Lipinski definition) is 2. The number of fused-ring (bicyclic) bond motifs is 1. The minimum Gasteiger partial charge on any atom is -0.497 e. The molecule has 0 spiro atoms. The van der Waals surface area contributed by atoms with E-state index < -0.39 is 0 Å². The summed E-state index contributed by atoms with van der Waals surface area (Å²) in [4.78, 5) is 4.81. The maximum atomic E-state index is 5.21. The summed E-state index contributed by atoms with van der Waals surface area (Å²) in [5.74, 6) is 1.90. The largest absolute Gasteiger partial charge is 0.497 e. The van der Waals surface area contributed by atoms with Crippen LogP contribution in [-0.2, 0) is 6.54 Å². The Hall–Kier alpha value is -2.55. The molecule has 0 saturated heterocycles. The van der Waals surface area contributed by atoms with E-state index in [1.165, 1.54) is 31.2 Å². The first-order chi connectivity index (χ1) is 12.3. The van der Waals surface area contributed by atoms with Gasteiger partial charge in [0.25, 0.3) is 0 Å². The van der Waals surface area contributed by atoms with Crippen molar-refractivity contribution in [3.63, 3.8) is 0 Å². The molecule has 0 fully saturated rings. The second-order valence-electron chi connectivity index (χ2n) is 6.28. The van der Waals surface area contributed by atoms with Crippen LogP contribution < -0.4 is 4.74 Å². The van der Waals surface area contributed by atoms with Crippen LogP contribution in [-0.4, -0.2) is 16.7 Å². The van der Waals surface area contributed by atoms with E-state index in [0.29, 0.717) is 0 Å². The molecule has 0 aliphatic heterocycles. The van der Waals surface area contributed by atoms with Gasteiger partial charge in [0.15, 0.2) is 0 Å². The minimum atomic E-state index is 0.875. The Morgan fingerprint density at radius 2 is 1.76 bits per heavy atom. The lowest BCUT2D eigenvalue weighted by Crippen LogP contribution is -2.00. The van der Waals surface area contributed by atoms with Gasteiger partial charge in [-0.3, -0.25) is 0 Å². The molecule has 3 nitrogen and oxygen atoms in total. The molecule has 130 valence electrons. The van der Waals surface area contributed by atoms with Crippen LogP contribution in [0.15, 0.2) is 48.5 Å². The van der Waals surface area contributed by atoms with E-state index in [2.05, 4.69) is 54.0 Å². The molecule has 0 unspecified atom stereocenters. The van der Waals surface area contributed by atoms with E-state index in [4.69, 9.17) is 9.72 Å². The highest BCUT2D eigenvalue weighted by molar-refractivity contribution is 5.79. The predicted octanol–water partition coefficient (Wildman–Crippen LogP) is 5.80. The molecule has 25 heavy (non-hydrogen) atoms. The zero-order valence-corrected chi connectivity index (χ0v) is 15.1. The van der Waals surface area contributed by atoms with Crippen LogP contribution in [0.4, 0.5) is 0 Å². The summed E-state index contributed by atoms with van der Waals surface area (Å²) in [6.45, 7) is 3.26. The molecule has 0 aliphatic carbocycles. The molecule has 0 atom stereocenters. The third-order valence-electron chi connectivity index (χ3n) is 4.46. The van der Waals surface area contributed by atoms with E-state index >= 15 is 0 Å². The summed E-state index contributed by atoms with van der Waals surface area (Å²) in [5, 5.41) is 0. The van der Waals surface area contributed by atoms with Crippen LogP contribution in [0.2, 0.25) is 0 Å². The topological polar surface area (TPSA) is 27.1 Å². The smallest absolute Gasteiger partial charge is 0.133 e. The summed E-state index contributed by atoms with van der Waals surface area (Å²) >= 11 is 0. The number of methoxy groups -OCH3 is 1. The Labute approximate surface area is 150 Å². The molecule has 3 rings (SSSR count). The molecule has 2 aromatic carbocycles. The Balaban J connectivity index is 1.84. The van der Waals surface area contributed by atoms with E-state index in [1.807, 2.05) is 18.2 Å². The second-order valence-corrected chi connectivity index (χ2v) is 6.28. The maximum Gasteiger partial charge on any atom is 0.133 e. The summed E-state index contributed by atoms with van der Waals surface area (Å²) < 4.78 is 7.55. The van der Waals surface area contributed by atoms with Gasteiger partial charge >= 0.3 is 0 Å². The first-order valence-electron chi connectivity index (χ1n) is 9.09. The average Bonchev–Trinajstić information content (AvgIpc) is 3.01. The number of unbranched alkanes of at least 4 members (excludes halogenated alkanes) is 3. The number of aromatic nitrogens is 2. The highest BCUT2D eigenvalue weighted by Gasteiger charge is 2.07. The Bertz CT molecular complexity index is 831. The molecule has 0 amide bonds. The SMILES string of the molecule is CCCCCCn1c(C=Cc2ccc(OC)cc2)nc2ccccc21. The Morgan fingerprint density at radius 1 is 0.960 bits per heavy atom. The van der Waals surface area contributed by atoms with E-state index in [-0.39, 0.29) is 0 Å². The van der Waals surface area contributed by atoms with Crippen molar-refractivity contribution in [1.82, 2.24) is 9.55 Å². The number of para-hydroxylation sites is 2. The monoisotopic (exact) mass is 334 g/mol. The fraction of sp³-hybridized carbons (Fsp3) is 0.318. The summed E-state index contributed by atoms with van der Waals surface area (Å²) in [6.07, 6.45) is 9.24. The third kappa shape index (κ3) is 4.30. The van der Waals surface area contributed by atoms with E-state index in [9.17, 15) is 0 Å². The van der Waals surface area contributed by atoms with Gasteiger partial charge in [-0.2, -0.15) is 0 Å². The van der Waals surface area contributed by atoms with Gasteiger partial charge in [0.2, 0.25) is 0 Å². The Morgan fingerprint density at radius 3 is 2.52 bits per heavy atom. The lowest BCUT2D eigenvalue weighted by molar-refractivity contribution is 0.415. The molecular weight excluding hydrogens is 308 g/mol. The van der Waals surface area contributed by atoms with Crippen molar-refractivity contribution in [3.05, 3.63) is 59.9 Å². The lowest BCUT2D eigenvalue weighted by Gasteiger charge is -2.07. The predicted molar refractivity (Wildman–Crippen MR) is 106 cm³/mol. The third-order valence-corrected chi connectivity index (χ3v) is 4.46. The molecule has 0 bridgehead atoms. The van der Waals surface area contributed by atoms with Gasteiger partial charge in [-0.05, 0) is 42.3 Å². The van der Waals surface area contributed by atoms with Gasteiger partial charge in [-0.1, -0.05) is 56.5 Å². The lowest BCUT2D eigenvalue weighted by atomic mass is 10.2. The second kappa shape index (κ2) is 8.52. The first-order valence-corrected chi connectivity index (χ1v) is 9.09. The molecule has 0 aliphatic rings. The molecule has 3 heteroatoms. The number of rotatable bonds is 8. The van der Waals surface area contributed by atoms with Crippen LogP contribution in [0.5, 0.6) is 5.75 Å². The van der Waals surface area contributed by atoms with Crippen molar-refractivity contribution in [2.75, 3.05) is 7.11 Å². The molecule has 0 N–H and O–H groups in total. The van der Waals surface area contributed by atoms with Crippen LogP contribution in [0.3, 0.4) is 0 Å². The van der Waals surface area contributed by atoms with Crippen molar-refractivity contribution in [2.45, 2.75) is 39.2 Å². The maximum absolute atomic E-state index is 5.21. The normalized spacial score (nSPS) is 11.4. The number of hydrogen-bond donors (Lipinski definition) is 0. The number of imidazole rings is 1. The molecule has 0 saturated carbocycles. The standard InChI is InChI=1S/C22H26N2O/c1-3-4-5-8-17-24-21-10-7-6-9-20(21)23-22(24)16-13-18-11-14-19(25-2)15-12-18/h6-7,9-16H,3-5,8,17H2,1-2H3. The van der Waals surface area contributed by atoms with Crippen molar-refractivity contribution < 1.29 is 4.74 Å². The van der Waals surface area contributed by atoms with Gasteiger partial charge in [0.05, 0.1) is 18.1 Å². The van der Waals surface area contributed by atoms with Gasteiger partial charge < -0.3 is 9.30 Å². The average molecular weight is 334 g/mol. The summed E-state index contributed by atoms with van der Waals surface area (Å²) in [7, 11) is 1.69. The first kappa shape index (κ1) is 17.3. The van der Waals surface area contributed by atoms with Crippen molar-refractivity contribution >= 4 is 23.2 Å². The zero-order valence-electron chi connectivity index (χ0n) is 15.1. The number of aryl methyl sites for hydroxylation is 1. The summed E-state index contributed by atoms with van der Waals surface area (Å²) in [5.41, 5.74) is 3.42.